The number of hydrogen-bond donors (Lipinski definition) is 0. The second-order valence-corrected chi connectivity index (χ2v) is 33.1. The molecule has 0 amide bonds. The van der Waals surface area contributed by atoms with Crippen LogP contribution in [0.15, 0.2) is 297 Å². The number of rotatable bonds is 8. The molecule has 2 nitrogen and oxygen atoms in total. The maximum atomic E-state index is 2.57. The van der Waals surface area contributed by atoms with Crippen LogP contribution in [-0.2, 0) is 27.1 Å². The summed E-state index contributed by atoms with van der Waals surface area (Å²) in [5.74, 6) is 0. The molecule has 0 saturated carbocycles. The average molecular weight is 1340 g/mol. The van der Waals surface area contributed by atoms with Gasteiger partial charge in [0.25, 0.3) is 0 Å². The van der Waals surface area contributed by atoms with E-state index in [0.29, 0.717) is 0 Å². The Bertz CT molecular complexity index is 6400. The first kappa shape index (κ1) is 62.2. The quantitative estimate of drug-likeness (QED) is 0.140. The molecule has 0 heterocycles. The second kappa shape index (κ2) is 22.0. The van der Waals surface area contributed by atoms with Crippen molar-refractivity contribution in [3.63, 3.8) is 0 Å². The molecule has 16 aromatic carbocycles. The van der Waals surface area contributed by atoms with E-state index < -0.39 is 0 Å². The van der Waals surface area contributed by atoms with Gasteiger partial charge in [-0.05, 0) is 249 Å². The first-order chi connectivity index (χ1) is 50.2. The Morgan fingerprint density at radius 2 is 0.529 bits per heavy atom. The summed E-state index contributed by atoms with van der Waals surface area (Å²) >= 11 is 0. The molecule has 0 saturated heterocycles. The van der Waals surface area contributed by atoms with Crippen LogP contribution in [0.3, 0.4) is 0 Å². The molecule has 0 unspecified atom stereocenters. The molecule has 500 valence electrons. The Labute approximate surface area is 611 Å². The summed E-state index contributed by atoms with van der Waals surface area (Å²) in [6.45, 7) is 26.2. The fourth-order valence-corrected chi connectivity index (χ4v) is 19.6. The Kier molecular flexibility index (Phi) is 13.1. The van der Waals surface area contributed by atoms with Gasteiger partial charge in [-0.25, -0.2) is 0 Å². The molecule has 16 aromatic rings. The van der Waals surface area contributed by atoms with Gasteiger partial charge in [0, 0.05) is 55.8 Å². The molecule has 0 aromatic heterocycles. The highest BCUT2D eigenvalue weighted by atomic mass is 15.1. The fourth-order valence-electron chi connectivity index (χ4n) is 19.6. The lowest BCUT2D eigenvalue weighted by atomic mass is 9.67. The number of nitrogens with zero attached hydrogens (tertiary/aromatic N) is 2. The van der Waals surface area contributed by atoms with Gasteiger partial charge in [-0.3, -0.25) is 0 Å². The summed E-state index contributed by atoms with van der Waals surface area (Å²) < 4.78 is 0. The molecule has 0 N–H and O–H groups in total. The zero-order valence-corrected chi connectivity index (χ0v) is 61.2. The molecule has 0 atom stereocenters. The van der Waals surface area contributed by atoms with Crippen molar-refractivity contribution >= 4 is 88.0 Å². The predicted molar refractivity (Wildman–Crippen MR) is 443 cm³/mol. The summed E-state index contributed by atoms with van der Waals surface area (Å²) in [5, 5.41) is 12.3. The lowest BCUT2D eigenvalue weighted by Gasteiger charge is -2.36. The van der Waals surface area contributed by atoms with E-state index in [-0.39, 0.29) is 27.1 Å². The normalized spacial score (nSPS) is 15.0. The molecule has 4 aliphatic carbocycles. The molecule has 20 rings (SSSR count). The van der Waals surface area contributed by atoms with Gasteiger partial charge in [0.2, 0.25) is 0 Å². The van der Waals surface area contributed by atoms with E-state index in [4.69, 9.17) is 0 Å². The molecule has 0 radical (unpaired) electrons. The summed E-state index contributed by atoms with van der Waals surface area (Å²) in [6.07, 6.45) is 0. The SMILES string of the molecule is CC(C)(C)c1ccc(N(c2ccc3c(c2)C(C)(C)c2ccccc2-3)c2ccc3c(-c4ccc5c6c(cccc46)C(C)(C)c4ccccc4-5)c4cc(N(c5ccc6c(c5)C(C)(C)c5ccccc5-6)c5ccc6ccccc6c5)ccc4c(-c4ccc5c6c(cccc46)C(C)(C)c4ccccc4-5)c3c2)cc1. The highest BCUT2D eigenvalue weighted by Crippen LogP contribution is 2.59. The van der Waals surface area contributed by atoms with Gasteiger partial charge >= 0.3 is 0 Å². The number of benzene rings is 16. The van der Waals surface area contributed by atoms with Crippen molar-refractivity contribution in [1.82, 2.24) is 0 Å². The van der Waals surface area contributed by atoms with Crippen LogP contribution < -0.4 is 9.80 Å². The van der Waals surface area contributed by atoms with E-state index in [1.54, 1.807) is 0 Å². The standard InChI is InChI=1S/C102H82N2/c1-98(2,3)63-39-42-64(43-40-63)103(68-44-48-74-70-26-14-18-32-86(70)101(8,9)92(74)59-68)66-46-50-82-84(57-66)94(80-54-52-78-72-28-16-20-34-88(72)99(4,5)90-36-22-30-76(80)96(78)90)83-51-47-67(58-85(83)95(82)81-55-53-79-73-29-17-21-35-89(73)100(6,7)91-37-23-31-77(81)97(79)91)104(65-41-38-61-24-12-13-25-62(61)56-65)69-45-49-75-71-27-15-19-33-87(71)102(10,11)93(75)60-69/h12-60H,1-11H3. The topological polar surface area (TPSA) is 6.48 Å². The van der Waals surface area contributed by atoms with Crippen molar-refractivity contribution in [3.8, 4) is 66.8 Å². The largest absolute Gasteiger partial charge is 0.310 e. The summed E-state index contributed by atoms with van der Waals surface area (Å²) in [7, 11) is 0. The van der Waals surface area contributed by atoms with Gasteiger partial charge in [-0.15, -0.1) is 0 Å². The third-order valence-corrected chi connectivity index (χ3v) is 25.0. The van der Waals surface area contributed by atoms with Crippen molar-refractivity contribution in [2.45, 2.75) is 103 Å². The summed E-state index contributed by atoms with van der Waals surface area (Å²) in [5.41, 5.74) is 33.1. The van der Waals surface area contributed by atoms with Crippen molar-refractivity contribution in [3.05, 3.63) is 347 Å². The smallest absolute Gasteiger partial charge is 0.0468 e. The van der Waals surface area contributed by atoms with Crippen molar-refractivity contribution in [1.29, 1.82) is 0 Å². The van der Waals surface area contributed by atoms with Crippen molar-refractivity contribution in [2.75, 3.05) is 9.80 Å². The fraction of sp³-hybridized carbons (Fsp3) is 0.157. The van der Waals surface area contributed by atoms with Gasteiger partial charge in [-0.2, -0.15) is 0 Å². The van der Waals surface area contributed by atoms with Gasteiger partial charge < -0.3 is 9.80 Å². The molecule has 0 bridgehead atoms. The minimum absolute atomic E-state index is 0.0319. The number of hydrogen-bond acceptors (Lipinski definition) is 2. The van der Waals surface area contributed by atoms with Crippen molar-refractivity contribution < 1.29 is 0 Å². The molecule has 0 fully saturated rings. The zero-order valence-electron chi connectivity index (χ0n) is 61.2. The Balaban J connectivity index is 0.927. The molecule has 0 aliphatic heterocycles. The minimum Gasteiger partial charge on any atom is -0.310 e. The van der Waals surface area contributed by atoms with Crippen LogP contribution in [0, 0.1) is 0 Å². The molecule has 0 spiro atoms. The van der Waals surface area contributed by atoms with E-state index in [2.05, 4.69) is 383 Å². The van der Waals surface area contributed by atoms with Crippen LogP contribution >= 0.6 is 0 Å². The molecule has 4 aliphatic rings. The zero-order chi connectivity index (χ0) is 70.7. The Hall–Kier alpha value is -11.6. The molecule has 2 heteroatoms. The Morgan fingerprint density at radius 3 is 0.981 bits per heavy atom. The van der Waals surface area contributed by atoms with Crippen LogP contribution in [0.2, 0.25) is 0 Å². The van der Waals surface area contributed by atoms with Crippen LogP contribution in [-0.4, -0.2) is 0 Å². The van der Waals surface area contributed by atoms with E-state index >= 15 is 0 Å². The number of fused-ring (bicyclic) bond motifs is 13. The van der Waals surface area contributed by atoms with Crippen LogP contribution in [0.25, 0.3) is 121 Å². The van der Waals surface area contributed by atoms with Crippen molar-refractivity contribution in [2.24, 2.45) is 0 Å². The maximum absolute atomic E-state index is 2.57. The number of anilines is 6. The minimum atomic E-state index is -0.252. The first-order valence-electron chi connectivity index (χ1n) is 37.3. The van der Waals surface area contributed by atoms with Gasteiger partial charge in [-0.1, -0.05) is 301 Å². The van der Waals surface area contributed by atoms with Gasteiger partial charge in [0.15, 0.2) is 0 Å². The van der Waals surface area contributed by atoms with E-state index in [9.17, 15) is 0 Å². The monoisotopic (exact) mass is 1330 g/mol. The third kappa shape index (κ3) is 8.81. The second-order valence-electron chi connectivity index (χ2n) is 33.1. The van der Waals surface area contributed by atoms with Crippen LogP contribution in [0.5, 0.6) is 0 Å². The third-order valence-electron chi connectivity index (χ3n) is 25.0. The Morgan fingerprint density at radius 1 is 0.212 bits per heavy atom. The van der Waals surface area contributed by atoms with E-state index in [1.807, 2.05) is 0 Å². The first-order valence-corrected chi connectivity index (χ1v) is 37.3. The molecule has 104 heavy (non-hydrogen) atoms. The lowest BCUT2D eigenvalue weighted by molar-refractivity contribution is 0.590. The van der Waals surface area contributed by atoms with Crippen LogP contribution in [0.1, 0.15) is 126 Å². The highest BCUT2D eigenvalue weighted by Gasteiger charge is 2.40. The summed E-state index contributed by atoms with van der Waals surface area (Å²) in [6, 6.07) is 115. The van der Waals surface area contributed by atoms with E-state index in [0.717, 1.165) is 34.1 Å². The summed E-state index contributed by atoms with van der Waals surface area (Å²) in [4.78, 5) is 5.08. The van der Waals surface area contributed by atoms with E-state index in [1.165, 1.54) is 171 Å². The lowest BCUT2D eigenvalue weighted by Crippen LogP contribution is -2.23. The molecular weight excluding hydrogens is 1250 g/mol. The van der Waals surface area contributed by atoms with Gasteiger partial charge in [0.05, 0.1) is 0 Å². The molecular formula is C102H82N2. The van der Waals surface area contributed by atoms with Crippen LogP contribution in [0.4, 0.5) is 34.1 Å². The predicted octanol–water partition coefficient (Wildman–Crippen LogP) is 28.2. The maximum Gasteiger partial charge on any atom is 0.0468 e. The van der Waals surface area contributed by atoms with Gasteiger partial charge in [0.1, 0.15) is 0 Å². The average Bonchev–Trinajstić information content (AvgIpc) is 1.03. The highest BCUT2D eigenvalue weighted by molar-refractivity contribution is 6.28.